The molecule has 1 heterocycles. The van der Waals surface area contributed by atoms with Crippen LogP contribution in [0.3, 0.4) is 0 Å². The number of rotatable bonds is 3. The van der Waals surface area contributed by atoms with Crippen molar-refractivity contribution in [1.29, 1.82) is 5.26 Å². The summed E-state index contributed by atoms with van der Waals surface area (Å²) in [6.07, 6.45) is 0. The molecule has 94 valence electrons. The zero-order valence-electron chi connectivity index (χ0n) is 10.7. The van der Waals surface area contributed by atoms with Gasteiger partial charge in [-0.2, -0.15) is 5.26 Å². The van der Waals surface area contributed by atoms with Crippen LogP contribution in [-0.4, -0.2) is 19.0 Å². The fourth-order valence-electron chi connectivity index (χ4n) is 2.05. The van der Waals surface area contributed by atoms with Crippen LogP contribution in [0.15, 0.2) is 18.2 Å². The van der Waals surface area contributed by atoms with Gasteiger partial charge in [0.25, 0.3) is 0 Å². The minimum absolute atomic E-state index is 0.0106. The molecule has 2 N–H and O–H groups in total. The maximum absolute atomic E-state index is 12.1. The van der Waals surface area contributed by atoms with Crippen molar-refractivity contribution in [3.8, 4) is 6.07 Å². The van der Waals surface area contributed by atoms with Crippen LogP contribution in [0.2, 0.25) is 0 Å². The highest BCUT2D eigenvalue weighted by Gasteiger charge is 2.28. The molecule has 2 rings (SSSR count). The van der Waals surface area contributed by atoms with Crippen LogP contribution in [0, 0.1) is 30.1 Å². The van der Waals surface area contributed by atoms with E-state index in [0.29, 0.717) is 17.2 Å². The number of nitrogens with zero attached hydrogens (tertiary/aromatic N) is 1. The summed E-state index contributed by atoms with van der Waals surface area (Å²) in [6.45, 7) is 5.59. The molecule has 1 atom stereocenters. The summed E-state index contributed by atoms with van der Waals surface area (Å²) in [5.41, 5.74) is 2.04. The molecular formula is C14H17N3O. The molecule has 1 amide bonds. The van der Waals surface area contributed by atoms with E-state index in [-0.39, 0.29) is 11.8 Å². The average molecular weight is 243 g/mol. The number of hydrogen-bond donors (Lipinski definition) is 2. The van der Waals surface area contributed by atoms with E-state index in [4.69, 9.17) is 5.26 Å². The molecule has 1 aliphatic heterocycles. The van der Waals surface area contributed by atoms with Crippen molar-refractivity contribution >= 4 is 11.6 Å². The van der Waals surface area contributed by atoms with Crippen molar-refractivity contribution in [1.82, 2.24) is 5.32 Å². The van der Waals surface area contributed by atoms with Gasteiger partial charge in [-0.25, -0.2) is 0 Å². The lowest BCUT2D eigenvalue weighted by molar-refractivity contribution is -0.121. The van der Waals surface area contributed by atoms with Crippen LogP contribution >= 0.6 is 0 Å². The average Bonchev–Trinajstić information content (AvgIpc) is 2.27. The van der Waals surface area contributed by atoms with Crippen molar-refractivity contribution in [3.05, 3.63) is 29.3 Å². The van der Waals surface area contributed by atoms with Crippen molar-refractivity contribution in [2.75, 3.05) is 18.4 Å². The Balaban J connectivity index is 2.11. The molecule has 1 unspecified atom stereocenters. The van der Waals surface area contributed by atoms with Gasteiger partial charge in [-0.1, -0.05) is 19.1 Å². The molecule has 0 saturated carbocycles. The minimum Gasteiger partial charge on any atom is -0.325 e. The van der Waals surface area contributed by atoms with Gasteiger partial charge in [0.1, 0.15) is 6.07 Å². The normalized spacial score (nSPS) is 16.5. The molecule has 4 heteroatoms. The first-order chi connectivity index (χ1) is 8.63. The van der Waals surface area contributed by atoms with Crippen LogP contribution in [0.25, 0.3) is 0 Å². The van der Waals surface area contributed by atoms with Crippen molar-refractivity contribution in [2.45, 2.75) is 13.8 Å². The first kappa shape index (κ1) is 12.6. The summed E-state index contributed by atoms with van der Waals surface area (Å²) < 4.78 is 0. The van der Waals surface area contributed by atoms with Crippen molar-refractivity contribution < 1.29 is 4.79 Å². The van der Waals surface area contributed by atoms with E-state index in [2.05, 4.69) is 16.7 Å². The van der Waals surface area contributed by atoms with Crippen LogP contribution in [0.5, 0.6) is 0 Å². The third-order valence-corrected chi connectivity index (χ3v) is 3.58. The summed E-state index contributed by atoms with van der Waals surface area (Å²) in [7, 11) is 0. The van der Waals surface area contributed by atoms with Gasteiger partial charge in [0.2, 0.25) is 5.91 Å². The summed E-state index contributed by atoms with van der Waals surface area (Å²) in [5, 5.41) is 15.1. The number of amides is 1. The van der Waals surface area contributed by atoms with Gasteiger partial charge in [0.15, 0.2) is 0 Å². The van der Waals surface area contributed by atoms with Crippen LogP contribution in [0.1, 0.15) is 18.1 Å². The van der Waals surface area contributed by atoms with Crippen LogP contribution in [-0.2, 0) is 4.79 Å². The predicted octanol–water partition coefficient (Wildman–Crippen LogP) is 1.66. The Morgan fingerprint density at radius 1 is 1.56 bits per heavy atom. The molecule has 1 saturated heterocycles. The highest BCUT2D eigenvalue weighted by Crippen LogP contribution is 2.22. The molecule has 0 aliphatic carbocycles. The SMILES string of the molecule is Cc1cccc(NC(=O)C(C)C2CNC2)c1C#N. The molecule has 0 aromatic heterocycles. The number of nitrogens with one attached hydrogen (secondary N) is 2. The zero-order chi connectivity index (χ0) is 13.1. The summed E-state index contributed by atoms with van der Waals surface area (Å²) >= 11 is 0. The lowest BCUT2D eigenvalue weighted by Gasteiger charge is -2.31. The molecule has 0 bridgehead atoms. The van der Waals surface area contributed by atoms with Crippen molar-refractivity contribution in [2.24, 2.45) is 11.8 Å². The quantitative estimate of drug-likeness (QED) is 0.848. The van der Waals surface area contributed by atoms with Crippen LogP contribution < -0.4 is 10.6 Å². The standard InChI is InChI=1S/C14H17N3O/c1-9-4-3-5-13(12(9)6-15)17-14(18)10(2)11-7-16-8-11/h3-5,10-11,16H,7-8H2,1-2H3,(H,17,18). The molecule has 1 aliphatic rings. The molecule has 0 radical (unpaired) electrons. The Morgan fingerprint density at radius 3 is 2.83 bits per heavy atom. The topological polar surface area (TPSA) is 64.9 Å². The Hall–Kier alpha value is -1.86. The number of anilines is 1. The zero-order valence-corrected chi connectivity index (χ0v) is 10.7. The summed E-state index contributed by atoms with van der Waals surface area (Å²) in [6, 6.07) is 7.63. The van der Waals surface area contributed by atoms with Gasteiger partial charge in [0.05, 0.1) is 11.3 Å². The molecule has 0 spiro atoms. The Morgan fingerprint density at radius 2 is 2.28 bits per heavy atom. The maximum Gasteiger partial charge on any atom is 0.227 e. The summed E-state index contributed by atoms with van der Waals surface area (Å²) in [5.74, 6) is 0.363. The van der Waals surface area contributed by atoms with E-state index in [1.165, 1.54) is 0 Å². The molecule has 1 aromatic carbocycles. The number of carbonyl (C=O) groups is 1. The Kier molecular flexibility index (Phi) is 3.63. The van der Waals surface area contributed by atoms with Gasteiger partial charge in [-0.15, -0.1) is 0 Å². The lowest BCUT2D eigenvalue weighted by atomic mass is 9.88. The Labute approximate surface area is 107 Å². The fraction of sp³-hybridized carbons (Fsp3) is 0.429. The molecule has 1 aromatic rings. The van der Waals surface area contributed by atoms with Crippen LogP contribution in [0.4, 0.5) is 5.69 Å². The highest BCUT2D eigenvalue weighted by molar-refractivity contribution is 5.94. The van der Waals surface area contributed by atoms with E-state index in [1.807, 2.05) is 26.0 Å². The number of carbonyl (C=O) groups excluding carboxylic acids is 1. The summed E-state index contributed by atoms with van der Waals surface area (Å²) in [4.78, 5) is 12.1. The van der Waals surface area contributed by atoms with Crippen molar-refractivity contribution in [3.63, 3.8) is 0 Å². The van der Waals surface area contributed by atoms with E-state index < -0.39 is 0 Å². The number of hydrogen-bond acceptors (Lipinski definition) is 3. The Bertz CT molecular complexity index is 500. The molecular weight excluding hydrogens is 226 g/mol. The molecule has 18 heavy (non-hydrogen) atoms. The van der Waals surface area contributed by atoms with Gasteiger partial charge >= 0.3 is 0 Å². The van der Waals surface area contributed by atoms with E-state index in [9.17, 15) is 4.79 Å². The third kappa shape index (κ3) is 2.36. The lowest BCUT2D eigenvalue weighted by Crippen LogP contribution is -2.48. The van der Waals surface area contributed by atoms with Gasteiger partial charge < -0.3 is 10.6 Å². The smallest absolute Gasteiger partial charge is 0.227 e. The second-order valence-corrected chi connectivity index (χ2v) is 4.81. The number of nitriles is 1. The first-order valence-electron chi connectivity index (χ1n) is 6.14. The van der Waals surface area contributed by atoms with Gasteiger partial charge in [0, 0.05) is 5.92 Å². The maximum atomic E-state index is 12.1. The molecule has 1 fully saturated rings. The highest BCUT2D eigenvalue weighted by atomic mass is 16.1. The van der Waals surface area contributed by atoms with E-state index >= 15 is 0 Å². The second-order valence-electron chi connectivity index (χ2n) is 4.81. The predicted molar refractivity (Wildman–Crippen MR) is 70.0 cm³/mol. The van der Waals surface area contributed by atoms with Gasteiger partial charge in [-0.05, 0) is 37.6 Å². The second kappa shape index (κ2) is 5.19. The number of benzene rings is 1. The number of aryl methyl sites for hydroxylation is 1. The first-order valence-corrected chi connectivity index (χ1v) is 6.14. The van der Waals surface area contributed by atoms with Gasteiger partial charge in [-0.3, -0.25) is 4.79 Å². The largest absolute Gasteiger partial charge is 0.325 e. The third-order valence-electron chi connectivity index (χ3n) is 3.58. The molecule has 4 nitrogen and oxygen atoms in total. The van der Waals surface area contributed by atoms with E-state index in [0.717, 1.165) is 18.7 Å². The minimum atomic E-state index is -0.0293. The fourth-order valence-corrected chi connectivity index (χ4v) is 2.05. The van der Waals surface area contributed by atoms with E-state index in [1.54, 1.807) is 6.07 Å². The monoisotopic (exact) mass is 243 g/mol.